The fourth-order valence-electron chi connectivity index (χ4n) is 9.85. The number of aromatic amines is 1. The van der Waals surface area contributed by atoms with E-state index in [1.807, 2.05) is 6.20 Å². The summed E-state index contributed by atoms with van der Waals surface area (Å²) in [5.41, 5.74) is 5.02. The summed E-state index contributed by atoms with van der Waals surface area (Å²) in [6.45, 7) is 16.0. The first-order valence-corrected chi connectivity index (χ1v) is 19.3. The zero-order valence-electron chi connectivity index (χ0n) is 32.2. The Hall–Kier alpha value is -2.79. The molecule has 9 atom stereocenters. The van der Waals surface area contributed by atoms with E-state index < -0.39 is 24.2 Å². The normalized spacial score (nSPS) is 28.8. The fourth-order valence-corrected chi connectivity index (χ4v) is 9.85. The van der Waals surface area contributed by atoms with Crippen molar-refractivity contribution in [2.45, 2.75) is 111 Å². The van der Waals surface area contributed by atoms with Crippen molar-refractivity contribution < 1.29 is 19.8 Å². The van der Waals surface area contributed by atoms with Gasteiger partial charge in [0.1, 0.15) is 12.1 Å². The summed E-state index contributed by atoms with van der Waals surface area (Å²) in [5, 5.41) is 27.6. The van der Waals surface area contributed by atoms with E-state index in [2.05, 4.69) is 117 Å². The van der Waals surface area contributed by atoms with Crippen LogP contribution in [0.2, 0.25) is 0 Å². The zero-order chi connectivity index (χ0) is 36.6. The maximum atomic E-state index is 14.2. The summed E-state index contributed by atoms with van der Waals surface area (Å²) < 4.78 is 0. The monoisotopic (exact) mass is 701 g/mol. The molecule has 4 N–H and O–H groups in total. The number of nitrogens with one attached hydrogen (secondary N) is 2. The zero-order valence-corrected chi connectivity index (χ0v) is 32.2. The first kappa shape index (κ1) is 38.0. The molecule has 3 saturated carbocycles. The minimum absolute atomic E-state index is 0.103. The Kier molecular flexibility index (Phi) is 11.7. The molecule has 0 spiro atoms. The van der Waals surface area contributed by atoms with Gasteiger partial charge in [-0.25, -0.2) is 0 Å². The van der Waals surface area contributed by atoms with E-state index in [4.69, 9.17) is 4.84 Å². The predicted octanol–water partition coefficient (Wildman–Crippen LogP) is 5.81. The molecule has 4 aliphatic rings. The van der Waals surface area contributed by atoms with Gasteiger partial charge in [0.25, 0.3) is 0 Å². The number of rotatable bonds is 15. The molecule has 2 heterocycles. The number of carbonyl (C=O) groups is 1. The van der Waals surface area contributed by atoms with Gasteiger partial charge in [-0.1, -0.05) is 71.0 Å². The Morgan fingerprint density at radius 2 is 1.82 bits per heavy atom. The van der Waals surface area contributed by atoms with Gasteiger partial charge in [-0.2, -0.15) is 5.06 Å². The Labute approximate surface area is 305 Å². The van der Waals surface area contributed by atoms with Crippen LogP contribution in [0.1, 0.15) is 77.5 Å². The molecule has 7 rings (SSSR count). The fraction of sp³-hybridized carbons (Fsp3) is 0.643. The summed E-state index contributed by atoms with van der Waals surface area (Å²) in [4.78, 5) is 28.8. The van der Waals surface area contributed by atoms with Gasteiger partial charge in [-0.05, 0) is 98.2 Å². The van der Waals surface area contributed by atoms with Gasteiger partial charge in [-0.3, -0.25) is 14.5 Å². The van der Waals surface area contributed by atoms with Crippen LogP contribution < -0.4 is 5.32 Å². The highest BCUT2D eigenvalue weighted by molar-refractivity contribution is 5.83. The summed E-state index contributed by atoms with van der Waals surface area (Å²) >= 11 is 0. The lowest BCUT2D eigenvalue weighted by molar-refractivity contribution is -0.183. The largest absolute Gasteiger partial charge is 0.394 e. The molecule has 1 saturated heterocycles. The average Bonchev–Trinajstić information content (AvgIpc) is 3.70. The number of likely N-dealkylation sites (N-methyl/N-ethyl adjacent to an activating group) is 1. The standard InChI is InChI=1S/C42H63N5O4/c1-26(2)17-33(24-45(7)8)46(23-31-13-10-14-36-34(31)15-16-43-36)21-29-11-9-12-30(18-29)22-47-40(39(28(4)49)38(25-48)51-47)41(50)44-37-20-32-19-35(27(37)3)42(32,5)6/h9-16,18,26-28,32-33,35,37-40,43,48-49H,17,19-25H2,1-8H3,(H,44,50)/t27-,28+,32+,33+,35+,37+,38+,39-,40+/m1/s1. The molecule has 1 aromatic heterocycles. The predicted molar refractivity (Wildman–Crippen MR) is 203 cm³/mol. The smallest absolute Gasteiger partial charge is 0.240 e. The number of aromatic nitrogens is 1. The number of hydroxylamine groups is 2. The highest BCUT2D eigenvalue weighted by Gasteiger charge is 2.57. The van der Waals surface area contributed by atoms with Crippen LogP contribution in [0.5, 0.6) is 0 Å². The number of hydrogen-bond acceptors (Lipinski definition) is 7. The third-order valence-electron chi connectivity index (χ3n) is 12.7. The van der Waals surface area contributed by atoms with Crippen molar-refractivity contribution in [1.29, 1.82) is 0 Å². The van der Waals surface area contributed by atoms with Crippen molar-refractivity contribution in [3.05, 3.63) is 71.4 Å². The Morgan fingerprint density at radius 3 is 2.49 bits per heavy atom. The third kappa shape index (κ3) is 8.09. The Bertz CT molecular complexity index is 1610. The average molecular weight is 702 g/mol. The maximum Gasteiger partial charge on any atom is 0.240 e. The van der Waals surface area contributed by atoms with E-state index in [-0.39, 0.29) is 18.6 Å². The summed E-state index contributed by atoms with van der Waals surface area (Å²) in [5.74, 6) is 1.50. The number of fused-ring (bicyclic) bond motifs is 3. The molecule has 2 aromatic carbocycles. The molecule has 9 heteroatoms. The number of hydrogen-bond donors (Lipinski definition) is 4. The Morgan fingerprint density at radius 1 is 1.08 bits per heavy atom. The highest BCUT2D eigenvalue weighted by Crippen LogP contribution is 2.61. The summed E-state index contributed by atoms with van der Waals surface area (Å²) in [6, 6.07) is 17.0. The van der Waals surface area contributed by atoms with Crippen molar-refractivity contribution in [2.75, 3.05) is 27.2 Å². The van der Waals surface area contributed by atoms with Gasteiger partial charge in [0, 0.05) is 54.7 Å². The molecular weight excluding hydrogens is 638 g/mol. The molecule has 4 fully saturated rings. The van der Waals surface area contributed by atoms with Crippen LogP contribution in [-0.2, 0) is 29.3 Å². The van der Waals surface area contributed by atoms with Gasteiger partial charge < -0.3 is 25.4 Å². The lowest BCUT2D eigenvalue weighted by atomic mass is 9.45. The minimum atomic E-state index is -0.821. The number of benzene rings is 2. The lowest BCUT2D eigenvalue weighted by Crippen LogP contribution is -2.62. The minimum Gasteiger partial charge on any atom is -0.394 e. The molecule has 0 unspecified atom stereocenters. The van der Waals surface area contributed by atoms with Crippen molar-refractivity contribution in [2.24, 2.45) is 35.0 Å². The highest BCUT2D eigenvalue weighted by atomic mass is 16.7. The molecule has 1 amide bonds. The van der Waals surface area contributed by atoms with E-state index in [1.54, 1.807) is 12.0 Å². The van der Waals surface area contributed by atoms with E-state index >= 15 is 0 Å². The first-order valence-electron chi connectivity index (χ1n) is 19.3. The number of aliphatic hydroxyl groups excluding tert-OH is 2. The van der Waals surface area contributed by atoms with Crippen molar-refractivity contribution in [3.8, 4) is 0 Å². The van der Waals surface area contributed by atoms with Gasteiger partial charge in [-0.15, -0.1) is 0 Å². The van der Waals surface area contributed by atoms with E-state index in [0.717, 1.165) is 43.6 Å². The number of nitrogens with zero attached hydrogens (tertiary/aromatic N) is 3. The molecule has 280 valence electrons. The van der Waals surface area contributed by atoms with Crippen molar-refractivity contribution in [3.63, 3.8) is 0 Å². The molecule has 0 radical (unpaired) electrons. The second-order valence-electron chi connectivity index (χ2n) is 17.4. The molecule has 9 nitrogen and oxygen atoms in total. The molecule has 3 aliphatic carbocycles. The Balaban J connectivity index is 1.23. The maximum absolute atomic E-state index is 14.2. The van der Waals surface area contributed by atoms with E-state index in [9.17, 15) is 15.0 Å². The topological polar surface area (TPSA) is 104 Å². The van der Waals surface area contributed by atoms with Crippen LogP contribution in [0.15, 0.2) is 54.7 Å². The summed E-state index contributed by atoms with van der Waals surface area (Å²) in [6.07, 6.45) is 3.85. The van der Waals surface area contributed by atoms with Crippen LogP contribution in [0.3, 0.4) is 0 Å². The second kappa shape index (κ2) is 15.7. The van der Waals surface area contributed by atoms with E-state index in [0.29, 0.717) is 41.7 Å². The van der Waals surface area contributed by atoms with Crippen LogP contribution in [0.4, 0.5) is 0 Å². The van der Waals surface area contributed by atoms with Crippen molar-refractivity contribution >= 4 is 16.8 Å². The number of H-pyrrole nitrogens is 1. The second-order valence-corrected chi connectivity index (χ2v) is 17.4. The van der Waals surface area contributed by atoms with Gasteiger partial charge in [0.15, 0.2) is 0 Å². The first-order chi connectivity index (χ1) is 24.3. The SMILES string of the molecule is CC(C)C[C@@H](CN(C)C)N(Cc1cccc(CN2O[C@@H](CO)[C@@H]([C@H](C)O)[C@H]2C(=O)N[C@H]2C[C@@H]3C[C@@H]([C@H]2C)C3(C)C)c1)Cc1cccc2[nH]ccc12. The molecule has 2 bridgehead atoms. The lowest BCUT2D eigenvalue weighted by Gasteiger charge is -2.62. The van der Waals surface area contributed by atoms with Crippen LogP contribution in [0, 0.1) is 35.0 Å². The van der Waals surface area contributed by atoms with Gasteiger partial charge in [0.05, 0.1) is 19.3 Å². The number of aliphatic hydroxyl groups is 2. The van der Waals surface area contributed by atoms with Crippen LogP contribution in [-0.4, -0.2) is 93.5 Å². The molecule has 3 aromatic rings. The van der Waals surface area contributed by atoms with Crippen LogP contribution >= 0.6 is 0 Å². The third-order valence-corrected chi connectivity index (χ3v) is 12.7. The van der Waals surface area contributed by atoms with Gasteiger partial charge in [0.2, 0.25) is 5.91 Å². The van der Waals surface area contributed by atoms with E-state index in [1.165, 1.54) is 22.9 Å². The quantitative estimate of drug-likeness (QED) is 0.159. The molecular formula is C42H63N5O4. The molecule has 51 heavy (non-hydrogen) atoms. The van der Waals surface area contributed by atoms with Gasteiger partial charge >= 0.3 is 0 Å². The molecule has 1 aliphatic heterocycles. The van der Waals surface area contributed by atoms with Crippen LogP contribution in [0.25, 0.3) is 10.9 Å². The number of amides is 1. The summed E-state index contributed by atoms with van der Waals surface area (Å²) in [7, 11) is 4.31. The van der Waals surface area contributed by atoms with Crippen molar-refractivity contribution in [1.82, 2.24) is 25.2 Å². The number of carbonyl (C=O) groups excluding carboxylic acids is 1.